The van der Waals surface area contributed by atoms with Crippen molar-refractivity contribution in [1.82, 2.24) is 86.5 Å². The number of thiophene rings is 3. The number of carboxylic acids is 1. The summed E-state index contributed by atoms with van der Waals surface area (Å²) in [7, 11) is 1.44. The molecule has 0 atom stereocenters. The number of rotatable bonds is 25. The van der Waals surface area contributed by atoms with E-state index in [1.165, 1.54) is 68.4 Å². The Morgan fingerprint density at radius 2 is 0.781 bits per heavy atom. The second-order valence-corrected chi connectivity index (χ2v) is 27.3. The van der Waals surface area contributed by atoms with Gasteiger partial charge in [0, 0.05) is 116 Å². The molecule has 6 aromatic carbocycles. The summed E-state index contributed by atoms with van der Waals surface area (Å²) in [4.78, 5) is 41.3. The van der Waals surface area contributed by atoms with E-state index in [1.807, 2.05) is 42.5 Å². The van der Waals surface area contributed by atoms with Crippen LogP contribution in [0.1, 0.15) is 98.6 Å². The van der Waals surface area contributed by atoms with Crippen LogP contribution >= 0.6 is 34.0 Å². The molecule has 0 fully saturated rings. The van der Waals surface area contributed by atoms with Gasteiger partial charge in [0.15, 0.2) is 17.5 Å². The Balaban J connectivity index is 0.000000145. The van der Waals surface area contributed by atoms with E-state index in [0.29, 0.717) is 73.1 Å². The van der Waals surface area contributed by atoms with Gasteiger partial charge in [0.05, 0.1) is 36.5 Å². The molecule has 0 unspecified atom stereocenters. The van der Waals surface area contributed by atoms with Gasteiger partial charge in [-0.25, -0.2) is 15.8 Å². The van der Waals surface area contributed by atoms with Crippen molar-refractivity contribution in [3.05, 3.63) is 262 Å². The Hall–Kier alpha value is -11.5. The SMILES string of the molecule is CONC(=O)c1ccc2c(c1)c(CCc1ccc(C)cc1)c(-c1ccsc1)n2CCc1nn[nH]n1.Cc1ccc(CCc2c(-c3ccsc3)n(CCc3nn[nH]n3)c3ccc(C(=O)NO)cc23)cc1.Cc1ccc(CCc2c(-c3ccsc3)n(CCc3nn[nH]n3)c3ccc(C(=O)O)cc23)cc1.NCO. The van der Waals surface area contributed by atoms with Crippen molar-refractivity contribution in [3.8, 4) is 33.8 Å². The van der Waals surface area contributed by atoms with E-state index in [1.54, 1.807) is 51.6 Å². The first-order valence-electron chi connectivity index (χ1n) is 34.0. The van der Waals surface area contributed by atoms with Crippen molar-refractivity contribution in [2.75, 3.05) is 13.8 Å². The summed E-state index contributed by atoms with van der Waals surface area (Å²) in [5, 5.41) is 85.1. The smallest absolute Gasteiger partial charge is 0.335 e. The molecule has 0 aliphatic heterocycles. The highest BCUT2D eigenvalue weighted by Crippen LogP contribution is 2.40. The quantitative estimate of drug-likeness (QED) is 0.0146. The molecule has 9 heterocycles. The Labute approximate surface area is 615 Å². The first kappa shape index (κ1) is 73.3. The van der Waals surface area contributed by atoms with Gasteiger partial charge in [0.25, 0.3) is 11.8 Å². The molecule has 0 aliphatic carbocycles. The molecular weight excluding hydrogens is 1390 g/mol. The summed E-state index contributed by atoms with van der Waals surface area (Å²) in [6.07, 6.45) is 6.98. The van der Waals surface area contributed by atoms with Crippen LogP contribution in [0.5, 0.6) is 0 Å². The van der Waals surface area contributed by atoms with Crippen LogP contribution in [0.15, 0.2) is 178 Å². The molecule has 0 saturated carbocycles. The number of carboxylic acid groups (broad SMARTS) is 1. The molecule has 15 aromatic rings. The number of H-pyrrole nitrogens is 3. The molecule has 0 saturated heterocycles. The maximum Gasteiger partial charge on any atom is 0.335 e. The van der Waals surface area contributed by atoms with Crippen LogP contribution in [0.4, 0.5) is 0 Å². The van der Waals surface area contributed by atoms with Gasteiger partial charge in [-0.05, 0) is 182 Å². The van der Waals surface area contributed by atoms with Gasteiger partial charge >= 0.3 is 5.97 Å². The number of hydrogen-bond acceptors (Lipinski definition) is 19. The third-order valence-corrected chi connectivity index (χ3v) is 20.2. The summed E-state index contributed by atoms with van der Waals surface area (Å²) in [5.41, 5.74) is 30.9. The highest BCUT2D eigenvalue weighted by Gasteiger charge is 2.25. The van der Waals surface area contributed by atoms with E-state index in [4.69, 9.17) is 9.94 Å². The van der Waals surface area contributed by atoms with Crippen molar-refractivity contribution in [1.29, 1.82) is 0 Å². The zero-order valence-electron chi connectivity index (χ0n) is 58.2. The number of aliphatic hydroxyl groups is 1. The summed E-state index contributed by atoms with van der Waals surface area (Å²) in [6, 6.07) is 49.0. The number of aryl methyl sites for hydroxylation is 15. The number of nitrogens with one attached hydrogen (secondary N) is 5. The standard InChI is InChI=1S/C26H26N6O2S.C25H24N6O2S.C25H23N5O2S.CH5NO/c1-17-3-5-18(6-4-17)7-9-21-22-15-19(26(33)29-34-2)8-10-23(22)32(13-11-24-27-30-31-28-24)25(21)20-12-14-35-16-20;1-16-2-4-17(5-3-16)6-8-20-21-14-18(25(32)28-33)7-9-22(21)31(12-10-23-26-29-30-27-23)24(20)19-11-13-34-15-19;1-16-2-4-17(5-3-16)6-8-20-21-14-18(25(31)32)7-9-22(21)30(12-10-23-26-28-29-27-23)24(20)19-11-13-33-15-19;2-1-3/h3-6,8,10,12,14-16H,7,9,11,13H2,1-2H3,(H,29,33)(H,27,28,30,31);2-5,7,9,11,13-15,33H,6,8,10,12H2,1H3,(H,28,32)(H,26,27,29,30);2-5,7,9,11,13-15H,6,8,10,12H2,1H3,(H,31,32)(H,26,27,28,29);3H,1-2H2. The molecule has 15 rings (SSSR count). The third kappa shape index (κ3) is 17.8. The number of fused-ring (bicyclic) bond motifs is 3. The molecule has 9 aromatic heterocycles. The van der Waals surface area contributed by atoms with Crippen LogP contribution < -0.4 is 16.7 Å². The fourth-order valence-electron chi connectivity index (χ4n) is 13.1. The molecule has 105 heavy (non-hydrogen) atoms. The molecule has 2 amide bonds. The molecule has 25 nitrogen and oxygen atoms in total. The minimum absolute atomic E-state index is 0.250. The lowest BCUT2D eigenvalue weighted by Gasteiger charge is -2.11. The fraction of sp³-hybridized carbons (Fsp3) is 0.221. The first-order valence-corrected chi connectivity index (χ1v) is 36.8. The Kier molecular flexibility index (Phi) is 24.5. The number of carbonyl (C=O) groups is 3. The summed E-state index contributed by atoms with van der Waals surface area (Å²) in [6.45, 7) is 8.04. The number of nitrogens with zero attached hydrogens (tertiary/aromatic N) is 12. The second kappa shape index (κ2) is 35.1. The normalized spacial score (nSPS) is 11.1. The number of hydroxylamine groups is 2. The van der Waals surface area contributed by atoms with E-state index >= 15 is 0 Å². The molecular formula is C77H78N18O7S3. The lowest BCUT2D eigenvalue weighted by molar-refractivity contribution is 0.0537. The summed E-state index contributed by atoms with van der Waals surface area (Å²) < 4.78 is 6.86. The number of nitrogens with two attached hydrogens (primary N) is 1. The highest BCUT2D eigenvalue weighted by atomic mass is 32.1. The number of benzene rings is 6. The van der Waals surface area contributed by atoms with Crippen molar-refractivity contribution in [2.45, 2.75) is 98.2 Å². The predicted octanol–water partition coefficient (Wildman–Crippen LogP) is 12.7. The first-order chi connectivity index (χ1) is 51.3. The van der Waals surface area contributed by atoms with Gasteiger partial charge in [-0.1, -0.05) is 105 Å². The van der Waals surface area contributed by atoms with E-state index in [2.05, 4.69) is 231 Å². The molecule has 10 N–H and O–H groups in total. The van der Waals surface area contributed by atoms with Crippen molar-refractivity contribution >= 4 is 84.5 Å². The number of tetrazole rings is 3. The van der Waals surface area contributed by atoms with Gasteiger partial charge < -0.3 is 29.6 Å². The van der Waals surface area contributed by atoms with Crippen molar-refractivity contribution in [3.63, 3.8) is 0 Å². The van der Waals surface area contributed by atoms with Crippen LogP contribution in [0.25, 0.3) is 66.5 Å². The number of aromatic nitrogens is 15. The highest BCUT2D eigenvalue weighted by molar-refractivity contribution is 7.08. The van der Waals surface area contributed by atoms with Gasteiger partial charge in [-0.15, -0.1) is 30.6 Å². The van der Waals surface area contributed by atoms with E-state index < -0.39 is 11.9 Å². The van der Waals surface area contributed by atoms with E-state index in [-0.39, 0.29) is 12.6 Å². The largest absolute Gasteiger partial charge is 0.478 e. The third-order valence-electron chi connectivity index (χ3n) is 18.2. The fourth-order valence-corrected chi connectivity index (χ4v) is 15.0. The maximum absolute atomic E-state index is 12.5. The molecule has 0 aliphatic rings. The van der Waals surface area contributed by atoms with Gasteiger partial charge in [0.1, 0.15) is 0 Å². The number of aromatic carboxylic acids is 1. The molecule has 0 bridgehead atoms. The Morgan fingerprint density at radius 3 is 1.07 bits per heavy atom. The molecule has 536 valence electrons. The van der Waals surface area contributed by atoms with E-state index in [0.717, 1.165) is 93.7 Å². The molecule has 28 heteroatoms. The average Bonchev–Trinajstić information content (AvgIpc) is 1.62. The average molecular weight is 1460 g/mol. The molecule has 0 radical (unpaired) electrons. The number of amides is 2. The van der Waals surface area contributed by atoms with E-state index in [9.17, 15) is 24.7 Å². The van der Waals surface area contributed by atoms with Crippen molar-refractivity contribution in [2.24, 2.45) is 5.73 Å². The number of aromatic amines is 3. The van der Waals surface area contributed by atoms with Crippen LogP contribution in [0.3, 0.4) is 0 Å². The Morgan fingerprint density at radius 1 is 0.457 bits per heavy atom. The minimum Gasteiger partial charge on any atom is -0.478 e. The number of carbonyl (C=O) groups excluding carboxylic acids is 2. The topological polar surface area (TPSA) is 349 Å². The van der Waals surface area contributed by atoms with Crippen molar-refractivity contribution < 1.29 is 34.6 Å². The summed E-state index contributed by atoms with van der Waals surface area (Å²) >= 11 is 4.98. The minimum atomic E-state index is -0.919. The lowest BCUT2D eigenvalue weighted by atomic mass is 9.98. The van der Waals surface area contributed by atoms with Crippen LogP contribution in [0.2, 0.25) is 0 Å². The monoisotopic (exact) mass is 1460 g/mol. The second-order valence-electron chi connectivity index (χ2n) is 24.9. The zero-order chi connectivity index (χ0) is 73.2. The zero-order valence-corrected chi connectivity index (χ0v) is 60.6. The Bertz CT molecular complexity index is 5290. The van der Waals surface area contributed by atoms with Crippen LogP contribution in [0, 0.1) is 20.8 Å². The van der Waals surface area contributed by atoms with Gasteiger partial charge in [-0.3, -0.25) is 19.6 Å². The number of aliphatic hydroxyl groups excluding tert-OH is 1. The van der Waals surface area contributed by atoms with Gasteiger partial charge in [-0.2, -0.15) is 49.7 Å². The van der Waals surface area contributed by atoms with Crippen LogP contribution in [-0.2, 0) is 82.3 Å². The van der Waals surface area contributed by atoms with Gasteiger partial charge in [0.2, 0.25) is 0 Å². The lowest BCUT2D eigenvalue weighted by Crippen LogP contribution is -2.21. The van der Waals surface area contributed by atoms with Crippen LogP contribution in [-0.4, -0.2) is 123 Å². The number of hydrogen-bond donors (Lipinski definition) is 9. The summed E-state index contributed by atoms with van der Waals surface area (Å²) in [5.74, 6) is 0.254. The molecule has 0 spiro atoms. The predicted molar refractivity (Wildman–Crippen MR) is 407 cm³/mol. The maximum atomic E-state index is 12.5.